The van der Waals surface area contributed by atoms with E-state index in [1.165, 1.54) is 6.21 Å². The van der Waals surface area contributed by atoms with E-state index in [4.69, 9.17) is 13.7 Å². The Morgan fingerprint density at radius 3 is 1.74 bits per heavy atom. The van der Waals surface area contributed by atoms with Gasteiger partial charge in [-0.3, -0.25) is 0 Å². The maximum Gasteiger partial charge on any atom is 0.200 e. The molecule has 1 aromatic carbocycles. The van der Waals surface area contributed by atoms with Crippen LogP contribution in [0.25, 0.3) is 0 Å². The Bertz CT molecular complexity index is 661. The SMILES string of the molecule is C[Si](C)(C)OCC(/C=N/OCc1c(F)c(F)c(F)c(F)c1F)O[Si](C)(C)C. The van der Waals surface area contributed by atoms with Crippen LogP contribution >= 0.6 is 0 Å². The summed E-state index contributed by atoms with van der Waals surface area (Å²) in [5.41, 5.74) is -1.09. The topological polar surface area (TPSA) is 40.0 Å². The van der Waals surface area contributed by atoms with Gasteiger partial charge < -0.3 is 13.7 Å². The molecular weight excluding hydrogens is 405 g/mol. The maximum absolute atomic E-state index is 13.6. The second-order valence-corrected chi connectivity index (χ2v) is 16.7. The highest BCUT2D eigenvalue weighted by Crippen LogP contribution is 2.23. The lowest BCUT2D eigenvalue weighted by Gasteiger charge is -2.26. The predicted molar refractivity (Wildman–Crippen MR) is 97.0 cm³/mol. The zero-order valence-corrected chi connectivity index (χ0v) is 18.1. The highest BCUT2D eigenvalue weighted by atomic mass is 28.4. The number of benzene rings is 1. The second-order valence-electron chi connectivity index (χ2n) is 7.77. The van der Waals surface area contributed by atoms with E-state index in [0.29, 0.717) is 0 Å². The standard InChI is InChI=1S/C16H24F5NO3Si2/c1-26(2,3)24-8-10(25-27(4,5)6)7-22-23-9-11-12(17)14(19)16(21)15(20)13(11)18/h7,10H,8-9H2,1-6H3/b22-7+. The molecule has 0 amide bonds. The van der Waals surface area contributed by atoms with Crippen molar-refractivity contribution in [1.29, 1.82) is 0 Å². The Hall–Kier alpha value is -1.31. The summed E-state index contributed by atoms with van der Waals surface area (Å²) in [6.07, 6.45) is 0.699. The average Bonchev–Trinajstić information content (AvgIpc) is 2.53. The van der Waals surface area contributed by atoms with Crippen LogP contribution in [0.1, 0.15) is 5.56 Å². The van der Waals surface area contributed by atoms with Crippen molar-refractivity contribution in [3.05, 3.63) is 34.6 Å². The van der Waals surface area contributed by atoms with E-state index in [1.807, 2.05) is 39.3 Å². The Kier molecular flexibility index (Phi) is 8.14. The van der Waals surface area contributed by atoms with Crippen LogP contribution in [0.2, 0.25) is 39.3 Å². The van der Waals surface area contributed by atoms with Crippen molar-refractivity contribution in [1.82, 2.24) is 0 Å². The summed E-state index contributed by atoms with van der Waals surface area (Å²) in [4.78, 5) is 4.73. The Morgan fingerprint density at radius 1 is 0.815 bits per heavy atom. The minimum atomic E-state index is -2.22. The molecule has 0 heterocycles. The summed E-state index contributed by atoms with van der Waals surface area (Å²) >= 11 is 0. The minimum absolute atomic E-state index is 0.218. The normalized spacial score (nSPS) is 14.0. The molecule has 0 aliphatic rings. The van der Waals surface area contributed by atoms with Gasteiger partial charge in [0, 0.05) is 0 Å². The van der Waals surface area contributed by atoms with Gasteiger partial charge in [-0.15, -0.1) is 0 Å². The third kappa shape index (κ3) is 7.68. The van der Waals surface area contributed by atoms with Gasteiger partial charge in [0.25, 0.3) is 0 Å². The minimum Gasteiger partial charge on any atom is -0.415 e. The monoisotopic (exact) mass is 429 g/mol. The fourth-order valence-electron chi connectivity index (χ4n) is 1.88. The zero-order chi connectivity index (χ0) is 21.0. The van der Waals surface area contributed by atoms with E-state index in [1.54, 1.807) is 0 Å². The molecule has 0 spiro atoms. The van der Waals surface area contributed by atoms with E-state index < -0.39 is 64.0 Å². The first-order chi connectivity index (χ1) is 12.2. The number of halogens is 5. The summed E-state index contributed by atoms with van der Waals surface area (Å²) in [6, 6.07) is 0. The van der Waals surface area contributed by atoms with Crippen molar-refractivity contribution in [2.45, 2.75) is 52.0 Å². The first kappa shape index (κ1) is 23.7. The van der Waals surface area contributed by atoms with Crippen LogP contribution in [0, 0.1) is 29.1 Å². The third-order valence-electron chi connectivity index (χ3n) is 3.00. The quantitative estimate of drug-likeness (QED) is 0.139. The molecule has 0 saturated heterocycles. The number of hydrogen-bond acceptors (Lipinski definition) is 4. The van der Waals surface area contributed by atoms with Crippen molar-refractivity contribution in [2.75, 3.05) is 6.61 Å². The Labute approximate surface area is 157 Å². The fraction of sp³-hybridized carbons (Fsp3) is 0.562. The molecule has 1 unspecified atom stereocenters. The highest BCUT2D eigenvalue weighted by Gasteiger charge is 2.26. The van der Waals surface area contributed by atoms with Gasteiger partial charge in [-0.05, 0) is 39.3 Å². The van der Waals surface area contributed by atoms with Crippen molar-refractivity contribution in [3.63, 3.8) is 0 Å². The molecule has 0 N–H and O–H groups in total. The molecule has 0 saturated carbocycles. The van der Waals surface area contributed by atoms with Crippen molar-refractivity contribution >= 4 is 22.8 Å². The summed E-state index contributed by atoms with van der Waals surface area (Å²) in [6.45, 7) is 11.2. The van der Waals surface area contributed by atoms with Gasteiger partial charge in [0.2, 0.25) is 5.82 Å². The van der Waals surface area contributed by atoms with Crippen molar-refractivity contribution < 1.29 is 35.6 Å². The predicted octanol–water partition coefficient (Wildman–Crippen LogP) is 4.96. The van der Waals surface area contributed by atoms with E-state index in [9.17, 15) is 22.0 Å². The third-order valence-corrected chi connectivity index (χ3v) is 5.04. The highest BCUT2D eigenvalue weighted by molar-refractivity contribution is 6.70. The van der Waals surface area contributed by atoms with Gasteiger partial charge >= 0.3 is 0 Å². The summed E-state index contributed by atoms with van der Waals surface area (Å²) in [5.74, 6) is -10.2. The fourth-order valence-corrected chi connectivity index (χ4v) is 3.58. The van der Waals surface area contributed by atoms with Gasteiger partial charge in [0.05, 0.1) is 18.4 Å². The lowest BCUT2D eigenvalue weighted by molar-refractivity contribution is 0.116. The van der Waals surface area contributed by atoms with Gasteiger partial charge in [-0.2, -0.15) is 0 Å². The summed E-state index contributed by atoms with van der Waals surface area (Å²) in [5, 5.41) is 3.55. The molecule has 0 aliphatic carbocycles. The van der Waals surface area contributed by atoms with Crippen LogP contribution in [0.15, 0.2) is 5.16 Å². The molecule has 154 valence electrons. The molecule has 0 bridgehead atoms. The molecule has 27 heavy (non-hydrogen) atoms. The van der Waals surface area contributed by atoms with Crippen LogP contribution in [-0.2, 0) is 20.3 Å². The molecular formula is C16H24F5NO3Si2. The first-order valence-corrected chi connectivity index (χ1v) is 15.0. The van der Waals surface area contributed by atoms with Crippen molar-refractivity contribution in [2.24, 2.45) is 5.16 Å². The van der Waals surface area contributed by atoms with E-state index in [-0.39, 0.29) is 6.61 Å². The summed E-state index contributed by atoms with van der Waals surface area (Å²) in [7, 11) is -3.77. The molecule has 11 heteroatoms. The number of nitrogens with zero attached hydrogens (tertiary/aromatic N) is 1. The van der Waals surface area contributed by atoms with Crippen molar-refractivity contribution in [3.8, 4) is 0 Å². The van der Waals surface area contributed by atoms with Crippen LogP contribution in [0.5, 0.6) is 0 Å². The molecule has 1 aromatic rings. The second kappa shape index (κ2) is 9.26. The zero-order valence-electron chi connectivity index (χ0n) is 16.1. The number of hydrogen-bond donors (Lipinski definition) is 0. The van der Waals surface area contributed by atoms with E-state index in [2.05, 4.69) is 5.16 Å². The van der Waals surface area contributed by atoms with Gasteiger partial charge in [0.15, 0.2) is 39.9 Å². The molecule has 1 atom stereocenters. The molecule has 0 aromatic heterocycles. The lowest BCUT2D eigenvalue weighted by Crippen LogP contribution is -2.38. The maximum atomic E-state index is 13.6. The van der Waals surface area contributed by atoms with Crippen LogP contribution in [-0.4, -0.2) is 35.6 Å². The van der Waals surface area contributed by atoms with Gasteiger partial charge in [-0.1, -0.05) is 5.16 Å². The largest absolute Gasteiger partial charge is 0.415 e. The summed E-state index contributed by atoms with van der Waals surface area (Å²) < 4.78 is 78.1. The van der Waals surface area contributed by atoms with Gasteiger partial charge in [-0.25, -0.2) is 22.0 Å². The van der Waals surface area contributed by atoms with Crippen LogP contribution in [0.4, 0.5) is 22.0 Å². The van der Waals surface area contributed by atoms with Gasteiger partial charge in [0.1, 0.15) is 12.7 Å². The van der Waals surface area contributed by atoms with Crippen LogP contribution in [0.3, 0.4) is 0 Å². The molecule has 0 fully saturated rings. The molecule has 4 nitrogen and oxygen atoms in total. The van der Waals surface area contributed by atoms with Crippen LogP contribution < -0.4 is 0 Å². The Balaban J connectivity index is 2.83. The van der Waals surface area contributed by atoms with E-state index >= 15 is 0 Å². The number of oxime groups is 1. The molecule has 1 rings (SSSR count). The molecule has 0 aliphatic heterocycles. The molecule has 0 radical (unpaired) electrons. The average molecular weight is 430 g/mol. The smallest absolute Gasteiger partial charge is 0.200 e. The lowest BCUT2D eigenvalue weighted by atomic mass is 10.2. The van der Waals surface area contributed by atoms with E-state index in [0.717, 1.165) is 0 Å². The number of rotatable bonds is 9. The Morgan fingerprint density at radius 2 is 1.30 bits per heavy atom. The first-order valence-electron chi connectivity index (χ1n) is 8.20.